The summed E-state index contributed by atoms with van der Waals surface area (Å²) < 4.78 is 20.3. The van der Waals surface area contributed by atoms with Gasteiger partial charge in [0.1, 0.15) is 18.2 Å². The molecule has 0 saturated heterocycles. The van der Waals surface area contributed by atoms with Crippen LogP contribution in [-0.2, 0) is 23.8 Å². The fraction of sp³-hybridized carbons (Fsp3) is 0.250. The first kappa shape index (κ1) is 20.2. The predicted octanol–water partition coefficient (Wildman–Crippen LogP) is 2.23. The van der Waals surface area contributed by atoms with Gasteiger partial charge in [-0.05, 0) is 43.3 Å². The van der Waals surface area contributed by atoms with Crippen LogP contribution in [0.2, 0.25) is 0 Å². The first-order valence-corrected chi connectivity index (χ1v) is 8.67. The third kappa shape index (κ3) is 4.30. The largest absolute Gasteiger partial charge is 0.466 e. The van der Waals surface area contributed by atoms with Crippen molar-refractivity contribution in [2.75, 3.05) is 37.8 Å². The number of hydrogen-bond acceptors (Lipinski definition) is 8. The maximum atomic E-state index is 12.3. The highest BCUT2D eigenvalue weighted by molar-refractivity contribution is 6.04. The molecule has 1 N–H and O–H groups in total. The highest BCUT2D eigenvalue weighted by Gasteiger charge is 2.32. The molecule has 152 valence electrons. The van der Waals surface area contributed by atoms with Crippen molar-refractivity contribution in [3.8, 4) is 0 Å². The van der Waals surface area contributed by atoms with Crippen LogP contribution >= 0.6 is 0 Å². The smallest absolute Gasteiger partial charge is 0.355 e. The SMILES string of the molecule is COC(=O)C1=C(C(=O)OC)N(c2ccc(NC(=O)c3ccc(C)o3)cc2)COC1. The molecule has 0 radical (unpaired) electrons. The minimum Gasteiger partial charge on any atom is -0.466 e. The summed E-state index contributed by atoms with van der Waals surface area (Å²) in [5.74, 6) is -0.893. The summed E-state index contributed by atoms with van der Waals surface area (Å²) in [6.45, 7) is 1.73. The molecule has 0 saturated carbocycles. The molecule has 1 aromatic heterocycles. The van der Waals surface area contributed by atoms with Crippen LogP contribution in [0.4, 0.5) is 11.4 Å². The van der Waals surface area contributed by atoms with Crippen molar-refractivity contribution in [2.45, 2.75) is 6.92 Å². The zero-order chi connectivity index (χ0) is 21.0. The third-order valence-corrected chi connectivity index (χ3v) is 4.23. The van der Waals surface area contributed by atoms with Crippen molar-refractivity contribution in [3.05, 3.63) is 59.2 Å². The molecule has 1 aliphatic heterocycles. The fourth-order valence-electron chi connectivity index (χ4n) is 2.82. The second-order valence-electron chi connectivity index (χ2n) is 6.13. The zero-order valence-corrected chi connectivity index (χ0v) is 16.2. The Morgan fingerprint density at radius 1 is 1.00 bits per heavy atom. The van der Waals surface area contributed by atoms with Crippen LogP contribution in [0.1, 0.15) is 16.3 Å². The number of anilines is 2. The standard InChI is InChI=1S/C20H20N2O7/c1-12-4-9-16(29-12)18(23)21-13-5-7-14(8-6-13)22-11-28-10-15(19(24)26-2)17(22)20(25)27-3/h4-9H,10-11H2,1-3H3,(H,21,23). The Morgan fingerprint density at radius 2 is 1.69 bits per heavy atom. The van der Waals surface area contributed by atoms with Gasteiger partial charge in [-0.1, -0.05) is 0 Å². The van der Waals surface area contributed by atoms with Gasteiger partial charge in [0.15, 0.2) is 5.76 Å². The van der Waals surface area contributed by atoms with E-state index in [2.05, 4.69) is 5.32 Å². The first-order chi connectivity index (χ1) is 13.9. The molecule has 29 heavy (non-hydrogen) atoms. The summed E-state index contributed by atoms with van der Waals surface area (Å²) in [5.41, 5.74) is 1.21. The predicted molar refractivity (Wildman–Crippen MR) is 102 cm³/mol. The van der Waals surface area contributed by atoms with Gasteiger partial charge in [-0.2, -0.15) is 0 Å². The lowest BCUT2D eigenvalue weighted by Gasteiger charge is -2.31. The molecule has 3 rings (SSSR count). The van der Waals surface area contributed by atoms with Crippen molar-refractivity contribution >= 4 is 29.2 Å². The minimum absolute atomic E-state index is 0.0440. The van der Waals surface area contributed by atoms with Gasteiger partial charge in [-0.25, -0.2) is 9.59 Å². The van der Waals surface area contributed by atoms with Crippen LogP contribution in [0.25, 0.3) is 0 Å². The second-order valence-corrected chi connectivity index (χ2v) is 6.13. The van der Waals surface area contributed by atoms with E-state index >= 15 is 0 Å². The summed E-state index contributed by atoms with van der Waals surface area (Å²) in [4.78, 5) is 38.0. The quantitative estimate of drug-likeness (QED) is 0.762. The molecule has 0 aliphatic carbocycles. The summed E-state index contributed by atoms with van der Waals surface area (Å²) in [5, 5.41) is 2.72. The Balaban J connectivity index is 1.84. The molecule has 0 spiro atoms. The molecule has 9 heteroatoms. The highest BCUT2D eigenvalue weighted by Crippen LogP contribution is 2.28. The number of hydrogen-bond donors (Lipinski definition) is 1. The normalized spacial score (nSPS) is 13.8. The lowest BCUT2D eigenvalue weighted by Crippen LogP contribution is -2.38. The van der Waals surface area contributed by atoms with Crippen LogP contribution in [0.15, 0.2) is 52.1 Å². The van der Waals surface area contributed by atoms with E-state index in [0.717, 1.165) is 0 Å². The van der Waals surface area contributed by atoms with Crippen molar-refractivity contribution in [2.24, 2.45) is 0 Å². The van der Waals surface area contributed by atoms with Gasteiger partial charge in [-0.15, -0.1) is 0 Å². The number of nitrogens with zero attached hydrogens (tertiary/aromatic N) is 1. The van der Waals surface area contributed by atoms with Gasteiger partial charge < -0.3 is 28.8 Å². The van der Waals surface area contributed by atoms with Crippen LogP contribution < -0.4 is 10.2 Å². The number of rotatable bonds is 5. The molecule has 0 atom stereocenters. The lowest BCUT2D eigenvalue weighted by atomic mass is 10.1. The maximum absolute atomic E-state index is 12.3. The number of benzene rings is 1. The number of carbonyl (C=O) groups excluding carboxylic acids is 3. The van der Waals surface area contributed by atoms with Crippen molar-refractivity contribution in [1.29, 1.82) is 0 Å². The molecular formula is C20H20N2O7. The van der Waals surface area contributed by atoms with Crippen LogP contribution in [-0.4, -0.2) is 45.4 Å². The number of furan rings is 1. The van der Waals surface area contributed by atoms with Gasteiger partial charge in [0.05, 0.1) is 26.4 Å². The summed E-state index contributed by atoms with van der Waals surface area (Å²) in [7, 11) is 2.45. The summed E-state index contributed by atoms with van der Waals surface area (Å²) >= 11 is 0. The van der Waals surface area contributed by atoms with Crippen molar-refractivity contribution < 1.29 is 33.0 Å². The van der Waals surface area contributed by atoms with E-state index in [1.54, 1.807) is 43.3 Å². The molecule has 2 heterocycles. The summed E-state index contributed by atoms with van der Waals surface area (Å²) in [6, 6.07) is 9.96. The third-order valence-electron chi connectivity index (χ3n) is 4.23. The zero-order valence-electron chi connectivity index (χ0n) is 16.2. The molecule has 0 unspecified atom stereocenters. The van der Waals surface area contributed by atoms with E-state index in [9.17, 15) is 14.4 Å². The highest BCUT2D eigenvalue weighted by atomic mass is 16.5. The lowest BCUT2D eigenvalue weighted by molar-refractivity contribution is -0.140. The monoisotopic (exact) mass is 400 g/mol. The number of methoxy groups -OCH3 is 2. The average Bonchev–Trinajstić information content (AvgIpc) is 3.19. The molecular weight excluding hydrogens is 380 g/mol. The Hall–Kier alpha value is -3.59. The molecule has 1 amide bonds. The number of amides is 1. The maximum Gasteiger partial charge on any atom is 0.355 e. The van der Waals surface area contributed by atoms with Crippen LogP contribution in [0.3, 0.4) is 0 Å². The Labute approximate surface area is 166 Å². The van der Waals surface area contributed by atoms with E-state index in [1.807, 2.05) is 0 Å². The minimum atomic E-state index is -0.681. The fourth-order valence-corrected chi connectivity index (χ4v) is 2.82. The van der Waals surface area contributed by atoms with E-state index in [1.165, 1.54) is 19.1 Å². The van der Waals surface area contributed by atoms with E-state index < -0.39 is 11.9 Å². The van der Waals surface area contributed by atoms with Crippen molar-refractivity contribution in [1.82, 2.24) is 0 Å². The Kier molecular flexibility index (Phi) is 5.99. The molecule has 0 fully saturated rings. The molecule has 1 aliphatic rings. The van der Waals surface area contributed by atoms with E-state index in [4.69, 9.17) is 18.6 Å². The van der Waals surface area contributed by atoms with Crippen LogP contribution in [0.5, 0.6) is 0 Å². The molecule has 0 bridgehead atoms. The molecule has 1 aromatic carbocycles. The first-order valence-electron chi connectivity index (χ1n) is 8.67. The van der Waals surface area contributed by atoms with Crippen LogP contribution in [0, 0.1) is 6.92 Å². The number of carbonyl (C=O) groups is 3. The van der Waals surface area contributed by atoms with Gasteiger partial charge in [0.2, 0.25) is 0 Å². The Bertz CT molecular complexity index is 959. The summed E-state index contributed by atoms with van der Waals surface area (Å²) in [6.07, 6.45) is 0. The number of aryl methyl sites for hydroxylation is 1. The number of ether oxygens (including phenoxy) is 3. The number of nitrogens with one attached hydrogen (secondary N) is 1. The van der Waals surface area contributed by atoms with E-state index in [0.29, 0.717) is 17.1 Å². The van der Waals surface area contributed by atoms with Crippen molar-refractivity contribution in [3.63, 3.8) is 0 Å². The van der Waals surface area contributed by atoms with Gasteiger partial charge in [-0.3, -0.25) is 4.79 Å². The molecule has 9 nitrogen and oxygen atoms in total. The number of esters is 2. The van der Waals surface area contributed by atoms with E-state index in [-0.39, 0.29) is 36.3 Å². The van der Waals surface area contributed by atoms with Gasteiger partial charge in [0.25, 0.3) is 5.91 Å². The average molecular weight is 400 g/mol. The second kappa shape index (κ2) is 8.61. The molecule has 2 aromatic rings. The van der Waals surface area contributed by atoms with Gasteiger partial charge >= 0.3 is 11.9 Å². The Morgan fingerprint density at radius 3 is 2.28 bits per heavy atom. The topological polar surface area (TPSA) is 107 Å². The van der Waals surface area contributed by atoms with Gasteiger partial charge in [0, 0.05) is 11.4 Å².